The second-order valence-electron chi connectivity index (χ2n) is 8.05. The first-order valence-corrected chi connectivity index (χ1v) is 10.7. The summed E-state index contributed by atoms with van der Waals surface area (Å²) in [6, 6.07) is 0. The molecule has 0 saturated carbocycles. The SMILES string of the molecule is CCC(C)(CC(C)C(=O)NC(C)(C)CS(=O)(=O)O)C(=O)OCCNCC(F)(F)F. The van der Waals surface area contributed by atoms with E-state index in [2.05, 4.69) is 10.6 Å². The average molecular weight is 449 g/mol. The number of hydrogen-bond donors (Lipinski definition) is 3. The summed E-state index contributed by atoms with van der Waals surface area (Å²) in [5.41, 5.74) is -2.26. The minimum atomic E-state index is -4.35. The number of ether oxygens (including phenoxy) is 1. The molecule has 0 aliphatic heterocycles. The standard InChI is InChI=1S/C17H31F3N2O6S/c1-6-16(5,14(24)28-8-7-21-10-17(18,19)20)9-12(2)13(23)22-15(3,4)11-29(25,26)27/h12,21H,6-11H2,1-5H3,(H,22,23)(H,25,26,27). The molecule has 2 unspecified atom stereocenters. The van der Waals surface area contributed by atoms with Crippen LogP contribution in [0.3, 0.4) is 0 Å². The Morgan fingerprint density at radius 1 is 1.17 bits per heavy atom. The van der Waals surface area contributed by atoms with Crippen molar-refractivity contribution in [3.8, 4) is 0 Å². The summed E-state index contributed by atoms with van der Waals surface area (Å²) >= 11 is 0. The number of nitrogens with one attached hydrogen (secondary N) is 2. The van der Waals surface area contributed by atoms with Crippen LogP contribution in [0.4, 0.5) is 13.2 Å². The highest BCUT2D eigenvalue weighted by Crippen LogP contribution is 2.31. The summed E-state index contributed by atoms with van der Waals surface area (Å²) in [6.07, 6.45) is -3.94. The van der Waals surface area contributed by atoms with E-state index in [-0.39, 0.29) is 19.6 Å². The van der Waals surface area contributed by atoms with Gasteiger partial charge in [0, 0.05) is 12.5 Å². The molecule has 0 aromatic carbocycles. The molecule has 0 rings (SSSR count). The molecular formula is C17H31F3N2O6S. The van der Waals surface area contributed by atoms with E-state index in [9.17, 15) is 31.2 Å². The molecule has 0 aromatic heterocycles. The summed E-state index contributed by atoms with van der Waals surface area (Å²) in [5, 5.41) is 4.64. The van der Waals surface area contributed by atoms with E-state index in [0.29, 0.717) is 6.42 Å². The average Bonchev–Trinajstić information content (AvgIpc) is 2.49. The van der Waals surface area contributed by atoms with E-state index < -0.39 is 57.3 Å². The van der Waals surface area contributed by atoms with Crippen LogP contribution in [0.1, 0.15) is 47.5 Å². The largest absolute Gasteiger partial charge is 0.464 e. The Hall–Kier alpha value is -1.40. The van der Waals surface area contributed by atoms with Crippen LogP contribution in [0.5, 0.6) is 0 Å². The second-order valence-corrected chi connectivity index (χ2v) is 9.50. The minimum Gasteiger partial charge on any atom is -0.464 e. The van der Waals surface area contributed by atoms with Gasteiger partial charge in [-0.3, -0.25) is 14.1 Å². The first kappa shape index (κ1) is 27.6. The third kappa shape index (κ3) is 12.0. The van der Waals surface area contributed by atoms with Gasteiger partial charge in [-0.15, -0.1) is 0 Å². The Labute approximate surface area is 169 Å². The van der Waals surface area contributed by atoms with Gasteiger partial charge in [-0.1, -0.05) is 13.8 Å². The van der Waals surface area contributed by atoms with Crippen molar-refractivity contribution in [2.75, 3.05) is 25.4 Å². The van der Waals surface area contributed by atoms with Gasteiger partial charge < -0.3 is 15.4 Å². The van der Waals surface area contributed by atoms with Crippen LogP contribution in [0.25, 0.3) is 0 Å². The lowest BCUT2D eigenvalue weighted by atomic mass is 9.79. The fourth-order valence-corrected chi connectivity index (χ4v) is 3.69. The van der Waals surface area contributed by atoms with E-state index >= 15 is 0 Å². The molecule has 8 nitrogen and oxygen atoms in total. The molecular weight excluding hydrogens is 417 g/mol. The van der Waals surface area contributed by atoms with E-state index in [0.717, 1.165) is 0 Å². The predicted molar refractivity (Wildman–Crippen MR) is 101 cm³/mol. The zero-order chi connectivity index (χ0) is 23.1. The van der Waals surface area contributed by atoms with Gasteiger partial charge in [0.05, 0.1) is 23.3 Å². The highest BCUT2D eigenvalue weighted by atomic mass is 32.2. The van der Waals surface area contributed by atoms with Crippen LogP contribution < -0.4 is 10.6 Å². The number of halogens is 3. The summed E-state index contributed by atoms with van der Waals surface area (Å²) in [5.74, 6) is -2.49. The lowest BCUT2D eigenvalue weighted by Crippen LogP contribution is -2.50. The molecule has 0 aromatic rings. The molecule has 0 spiro atoms. The molecule has 29 heavy (non-hydrogen) atoms. The monoisotopic (exact) mass is 448 g/mol. The van der Waals surface area contributed by atoms with Crippen molar-refractivity contribution in [1.82, 2.24) is 10.6 Å². The fraction of sp³-hybridized carbons (Fsp3) is 0.882. The second kappa shape index (κ2) is 10.6. The molecule has 0 fully saturated rings. The first-order valence-electron chi connectivity index (χ1n) is 9.13. The molecule has 12 heteroatoms. The van der Waals surface area contributed by atoms with Gasteiger partial charge >= 0.3 is 12.1 Å². The maximum absolute atomic E-state index is 12.4. The zero-order valence-corrected chi connectivity index (χ0v) is 18.2. The van der Waals surface area contributed by atoms with Crippen LogP contribution in [0.2, 0.25) is 0 Å². The van der Waals surface area contributed by atoms with Gasteiger partial charge in [0.2, 0.25) is 5.91 Å². The van der Waals surface area contributed by atoms with Crippen molar-refractivity contribution < 1.29 is 40.5 Å². The number of amides is 1. The van der Waals surface area contributed by atoms with E-state index in [1.165, 1.54) is 13.8 Å². The molecule has 172 valence electrons. The number of carbonyl (C=O) groups excluding carboxylic acids is 2. The number of esters is 1. The number of rotatable bonds is 12. The molecule has 2 atom stereocenters. The lowest BCUT2D eigenvalue weighted by molar-refractivity contribution is -0.156. The molecule has 1 amide bonds. The van der Waals surface area contributed by atoms with Gasteiger partial charge in [-0.2, -0.15) is 21.6 Å². The normalized spacial score (nSPS) is 16.0. The number of hydrogen-bond acceptors (Lipinski definition) is 6. The molecule has 0 saturated heterocycles. The summed E-state index contributed by atoms with van der Waals surface area (Å²) in [6.45, 7) is 6.15. The fourth-order valence-electron chi connectivity index (χ4n) is 2.71. The highest BCUT2D eigenvalue weighted by Gasteiger charge is 2.37. The van der Waals surface area contributed by atoms with Crippen molar-refractivity contribution in [1.29, 1.82) is 0 Å². The Bertz CT molecular complexity index is 667. The minimum absolute atomic E-state index is 0.0894. The Balaban J connectivity index is 4.75. The molecule has 0 aliphatic rings. The van der Waals surface area contributed by atoms with Gasteiger partial charge in [-0.25, -0.2) is 0 Å². The van der Waals surface area contributed by atoms with Gasteiger partial charge in [-0.05, 0) is 33.6 Å². The molecule has 3 N–H and O–H groups in total. The van der Waals surface area contributed by atoms with Gasteiger partial charge in [0.1, 0.15) is 6.61 Å². The van der Waals surface area contributed by atoms with Crippen LogP contribution >= 0.6 is 0 Å². The number of carbonyl (C=O) groups is 2. The van der Waals surface area contributed by atoms with Gasteiger partial charge in [0.15, 0.2) is 0 Å². The maximum Gasteiger partial charge on any atom is 0.401 e. The predicted octanol–water partition coefficient (Wildman–Crippen LogP) is 1.91. The van der Waals surface area contributed by atoms with Crippen molar-refractivity contribution in [2.24, 2.45) is 11.3 Å². The zero-order valence-electron chi connectivity index (χ0n) is 17.4. The van der Waals surface area contributed by atoms with Crippen molar-refractivity contribution in [3.05, 3.63) is 0 Å². The Morgan fingerprint density at radius 2 is 1.72 bits per heavy atom. The lowest BCUT2D eigenvalue weighted by Gasteiger charge is -2.31. The third-order valence-electron chi connectivity index (χ3n) is 4.32. The smallest absolute Gasteiger partial charge is 0.401 e. The highest BCUT2D eigenvalue weighted by molar-refractivity contribution is 7.85. The third-order valence-corrected chi connectivity index (χ3v) is 5.41. The van der Waals surface area contributed by atoms with Crippen molar-refractivity contribution >= 4 is 22.0 Å². The van der Waals surface area contributed by atoms with Crippen molar-refractivity contribution in [3.63, 3.8) is 0 Å². The van der Waals surface area contributed by atoms with Crippen LogP contribution in [0, 0.1) is 11.3 Å². The topological polar surface area (TPSA) is 122 Å². The van der Waals surface area contributed by atoms with Crippen LogP contribution in [-0.2, 0) is 24.4 Å². The summed E-state index contributed by atoms with van der Waals surface area (Å²) < 4.78 is 72.3. The molecule has 0 heterocycles. The first-order chi connectivity index (χ1) is 12.9. The van der Waals surface area contributed by atoms with E-state index in [4.69, 9.17) is 9.29 Å². The maximum atomic E-state index is 12.4. The number of alkyl halides is 3. The molecule has 0 aliphatic carbocycles. The van der Waals surface area contributed by atoms with Crippen LogP contribution in [0.15, 0.2) is 0 Å². The molecule has 0 radical (unpaired) electrons. The van der Waals surface area contributed by atoms with Gasteiger partial charge in [0.25, 0.3) is 10.1 Å². The van der Waals surface area contributed by atoms with E-state index in [1.54, 1.807) is 20.8 Å². The summed E-state index contributed by atoms with van der Waals surface area (Å²) in [7, 11) is -4.30. The summed E-state index contributed by atoms with van der Waals surface area (Å²) in [4.78, 5) is 24.8. The van der Waals surface area contributed by atoms with Crippen molar-refractivity contribution in [2.45, 2.75) is 59.2 Å². The Morgan fingerprint density at radius 3 is 2.17 bits per heavy atom. The Kier molecular flexibility index (Phi) is 10.1. The quantitative estimate of drug-likeness (QED) is 0.237. The van der Waals surface area contributed by atoms with E-state index in [1.807, 2.05) is 0 Å². The molecule has 0 bridgehead atoms. The van der Waals surface area contributed by atoms with Crippen LogP contribution in [-0.4, -0.2) is 62.0 Å².